The van der Waals surface area contributed by atoms with Crippen LogP contribution in [0.1, 0.15) is 12.8 Å². The van der Waals surface area contributed by atoms with Crippen molar-refractivity contribution < 1.29 is 0 Å². The monoisotopic (exact) mass is 304 g/mol. The van der Waals surface area contributed by atoms with E-state index in [9.17, 15) is 0 Å². The van der Waals surface area contributed by atoms with Gasteiger partial charge in [-0.05, 0) is 35.4 Å². The van der Waals surface area contributed by atoms with Crippen molar-refractivity contribution in [2.75, 3.05) is 18.0 Å². The van der Waals surface area contributed by atoms with E-state index >= 15 is 0 Å². The van der Waals surface area contributed by atoms with E-state index in [2.05, 4.69) is 37.5 Å². The molecule has 2 heterocycles. The zero-order chi connectivity index (χ0) is 9.97. The van der Waals surface area contributed by atoms with Gasteiger partial charge in [0.1, 0.15) is 0 Å². The second-order valence-corrected chi connectivity index (χ2v) is 4.67. The number of aromatic nitrogens is 2. The van der Waals surface area contributed by atoms with Crippen molar-refractivity contribution >= 4 is 28.5 Å². The van der Waals surface area contributed by atoms with Gasteiger partial charge in [-0.3, -0.25) is 0 Å². The lowest BCUT2D eigenvalue weighted by Gasteiger charge is -2.22. The minimum absolute atomic E-state index is 0.426. The van der Waals surface area contributed by atoms with Gasteiger partial charge in [0.15, 0.2) is 0 Å². The molecule has 1 unspecified atom stereocenters. The number of hydrogen-bond acceptors (Lipinski definition) is 4. The molecule has 1 aromatic rings. The molecule has 1 aliphatic rings. The van der Waals surface area contributed by atoms with Crippen molar-refractivity contribution in [1.82, 2.24) is 9.97 Å². The summed E-state index contributed by atoms with van der Waals surface area (Å²) in [5.74, 6) is 0.818. The van der Waals surface area contributed by atoms with Crippen molar-refractivity contribution in [3.8, 4) is 0 Å². The second kappa shape index (κ2) is 4.39. The fraction of sp³-hybridized carbons (Fsp3) is 0.556. The summed E-state index contributed by atoms with van der Waals surface area (Å²) < 4.78 is 1.06. The minimum atomic E-state index is 0.426. The molecule has 1 fully saturated rings. The highest BCUT2D eigenvalue weighted by molar-refractivity contribution is 14.1. The summed E-state index contributed by atoms with van der Waals surface area (Å²) in [5, 5.41) is 0. The highest BCUT2D eigenvalue weighted by Crippen LogP contribution is 2.21. The molecular weight excluding hydrogens is 291 g/mol. The first-order valence-electron chi connectivity index (χ1n) is 4.75. The van der Waals surface area contributed by atoms with Crippen LogP contribution in [0.3, 0.4) is 0 Å². The molecule has 1 aliphatic heterocycles. The lowest BCUT2D eigenvalue weighted by molar-refractivity contribution is 0.664. The first-order valence-corrected chi connectivity index (χ1v) is 5.83. The average Bonchev–Trinajstić information content (AvgIpc) is 2.67. The van der Waals surface area contributed by atoms with Crippen LogP contribution in [0.25, 0.3) is 0 Å². The average molecular weight is 304 g/mol. The van der Waals surface area contributed by atoms with Gasteiger partial charge in [-0.2, -0.15) is 0 Å². The lowest BCUT2D eigenvalue weighted by atomic mass is 10.2. The summed E-state index contributed by atoms with van der Waals surface area (Å²) >= 11 is 2.21. The third kappa shape index (κ3) is 1.98. The molecule has 4 nitrogen and oxygen atoms in total. The van der Waals surface area contributed by atoms with Crippen molar-refractivity contribution in [3.05, 3.63) is 16.0 Å². The van der Waals surface area contributed by atoms with Gasteiger partial charge >= 0.3 is 0 Å². The summed E-state index contributed by atoms with van der Waals surface area (Å²) in [4.78, 5) is 10.8. The first-order chi connectivity index (χ1) is 6.81. The van der Waals surface area contributed by atoms with Crippen LogP contribution in [0.15, 0.2) is 12.4 Å². The van der Waals surface area contributed by atoms with Crippen molar-refractivity contribution in [3.63, 3.8) is 0 Å². The largest absolute Gasteiger partial charge is 0.337 e. The molecule has 1 aromatic heterocycles. The minimum Gasteiger partial charge on any atom is -0.337 e. The van der Waals surface area contributed by atoms with E-state index in [0.717, 1.165) is 22.5 Å². The Bertz CT molecular complexity index is 300. The topological polar surface area (TPSA) is 55.0 Å². The normalized spacial score (nSPS) is 21.6. The van der Waals surface area contributed by atoms with Gasteiger partial charge in [0.25, 0.3) is 0 Å². The first kappa shape index (κ1) is 10.1. The van der Waals surface area contributed by atoms with Gasteiger partial charge in [-0.25, -0.2) is 9.97 Å². The summed E-state index contributed by atoms with van der Waals surface area (Å²) in [6.45, 7) is 1.72. The Kier molecular flexibility index (Phi) is 3.17. The van der Waals surface area contributed by atoms with Gasteiger partial charge < -0.3 is 10.6 Å². The lowest BCUT2D eigenvalue weighted by Crippen LogP contribution is -2.36. The van der Waals surface area contributed by atoms with Gasteiger partial charge in [0.2, 0.25) is 5.95 Å². The zero-order valence-corrected chi connectivity index (χ0v) is 10.0. The Morgan fingerprint density at radius 3 is 2.86 bits per heavy atom. The van der Waals surface area contributed by atoms with Crippen LogP contribution in [-0.2, 0) is 0 Å². The fourth-order valence-electron chi connectivity index (χ4n) is 1.80. The fourth-order valence-corrected chi connectivity index (χ4v) is 2.08. The number of halogens is 1. The van der Waals surface area contributed by atoms with Gasteiger partial charge in [-0.15, -0.1) is 0 Å². The van der Waals surface area contributed by atoms with E-state index in [4.69, 9.17) is 5.73 Å². The standard InChI is InChI=1S/C9H13IN4/c10-7-5-12-9(13-6-7)14-3-1-2-8(14)4-11/h5-6,8H,1-4,11H2. The molecular formula is C9H13IN4. The van der Waals surface area contributed by atoms with E-state index in [-0.39, 0.29) is 0 Å². The number of anilines is 1. The predicted molar refractivity (Wildman–Crippen MR) is 64.2 cm³/mol. The maximum absolute atomic E-state index is 5.69. The number of nitrogens with zero attached hydrogens (tertiary/aromatic N) is 3. The van der Waals surface area contributed by atoms with E-state index in [1.807, 2.05) is 12.4 Å². The van der Waals surface area contributed by atoms with Crippen LogP contribution in [0.4, 0.5) is 5.95 Å². The van der Waals surface area contributed by atoms with E-state index in [1.54, 1.807) is 0 Å². The van der Waals surface area contributed by atoms with Crippen LogP contribution < -0.4 is 10.6 Å². The van der Waals surface area contributed by atoms with E-state index in [1.165, 1.54) is 6.42 Å². The molecule has 2 rings (SSSR count). The van der Waals surface area contributed by atoms with E-state index < -0.39 is 0 Å². The smallest absolute Gasteiger partial charge is 0.225 e. The molecule has 1 atom stereocenters. The van der Waals surface area contributed by atoms with Crippen LogP contribution in [-0.4, -0.2) is 29.1 Å². The summed E-state index contributed by atoms with van der Waals surface area (Å²) in [7, 11) is 0. The summed E-state index contributed by atoms with van der Waals surface area (Å²) in [6.07, 6.45) is 6.03. The Morgan fingerprint density at radius 2 is 2.21 bits per heavy atom. The molecule has 0 spiro atoms. The van der Waals surface area contributed by atoms with Gasteiger partial charge in [0.05, 0.1) is 0 Å². The molecule has 0 saturated carbocycles. The van der Waals surface area contributed by atoms with Crippen LogP contribution in [0, 0.1) is 3.57 Å². The Labute approximate surface area is 97.1 Å². The highest BCUT2D eigenvalue weighted by atomic mass is 127. The van der Waals surface area contributed by atoms with E-state index in [0.29, 0.717) is 12.6 Å². The Balaban J connectivity index is 2.17. The van der Waals surface area contributed by atoms with Crippen LogP contribution in [0.2, 0.25) is 0 Å². The quantitative estimate of drug-likeness (QED) is 0.829. The number of hydrogen-bond donors (Lipinski definition) is 1. The van der Waals surface area contributed by atoms with Gasteiger partial charge in [0, 0.05) is 35.1 Å². The molecule has 76 valence electrons. The zero-order valence-electron chi connectivity index (χ0n) is 7.86. The molecule has 0 bridgehead atoms. The molecule has 0 amide bonds. The van der Waals surface area contributed by atoms with Crippen molar-refractivity contribution in [2.24, 2.45) is 5.73 Å². The molecule has 2 N–H and O–H groups in total. The molecule has 0 aliphatic carbocycles. The Morgan fingerprint density at radius 1 is 1.50 bits per heavy atom. The number of rotatable bonds is 2. The maximum atomic E-state index is 5.69. The van der Waals surface area contributed by atoms with Crippen molar-refractivity contribution in [1.29, 1.82) is 0 Å². The molecule has 14 heavy (non-hydrogen) atoms. The molecule has 0 radical (unpaired) electrons. The molecule has 0 aromatic carbocycles. The summed E-state index contributed by atoms with van der Waals surface area (Å²) in [6, 6.07) is 0.426. The van der Waals surface area contributed by atoms with Gasteiger partial charge in [-0.1, -0.05) is 0 Å². The maximum Gasteiger partial charge on any atom is 0.225 e. The third-order valence-electron chi connectivity index (χ3n) is 2.51. The molecule has 5 heteroatoms. The van der Waals surface area contributed by atoms with Crippen LogP contribution >= 0.6 is 22.6 Å². The SMILES string of the molecule is NCC1CCCN1c1ncc(I)cn1. The predicted octanol–water partition coefficient (Wildman–Crippen LogP) is 1.01. The van der Waals surface area contributed by atoms with Crippen molar-refractivity contribution in [2.45, 2.75) is 18.9 Å². The summed E-state index contributed by atoms with van der Waals surface area (Å²) in [5.41, 5.74) is 5.69. The third-order valence-corrected chi connectivity index (χ3v) is 3.07. The number of nitrogens with two attached hydrogens (primary N) is 1. The van der Waals surface area contributed by atoms with Crippen LogP contribution in [0.5, 0.6) is 0 Å². The Hall–Kier alpha value is -0.430. The molecule has 1 saturated heterocycles. The highest BCUT2D eigenvalue weighted by Gasteiger charge is 2.24. The second-order valence-electron chi connectivity index (χ2n) is 3.43.